The standard InChI is InChI=1S/C20H22BNO2/c1-23-18-7-8-20(19(21)13-18)24-15-17-9-11-22(12-10-17)14-16-5-3-2-4-6-16/h2-9,13H,10-12,14-15H2,1H3. The number of rotatable bonds is 6. The molecule has 0 saturated carbocycles. The first-order valence-corrected chi connectivity index (χ1v) is 8.25. The van der Waals surface area contributed by atoms with Gasteiger partial charge in [-0.2, -0.15) is 0 Å². The minimum Gasteiger partial charge on any atom is -0.497 e. The highest BCUT2D eigenvalue weighted by Crippen LogP contribution is 2.18. The maximum absolute atomic E-state index is 5.99. The normalized spacial score (nSPS) is 15.0. The van der Waals surface area contributed by atoms with Crippen LogP contribution in [0.4, 0.5) is 0 Å². The van der Waals surface area contributed by atoms with Gasteiger partial charge in [-0.15, -0.1) is 0 Å². The van der Waals surface area contributed by atoms with Crippen molar-refractivity contribution in [1.29, 1.82) is 0 Å². The highest BCUT2D eigenvalue weighted by molar-refractivity contribution is 6.34. The molecule has 2 aromatic rings. The summed E-state index contributed by atoms with van der Waals surface area (Å²) < 4.78 is 11.0. The molecular weight excluding hydrogens is 297 g/mol. The van der Waals surface area contributed by atoms with Crippen molar-refractivity contribution < 1.29 is 9.47 Å². The summed E-state index contributed by atoms with van der Waals surface area (Å²) in [6.45, 7) is 3.61. The second-order valence-corrected chi connectivity index (χ2v) is 6.03. The second-order valence-electron chi connectivity index (χ2n) is 6.03. The van der Waals surface area contributed by atoms with Gasteiger partial charge in [-0.05, 0) is 35.8 Å². The Morgan fingerprint density at radius 2 is 1.96 bits per heavy atom. The van der Waals surface area contributed by atoms with Crippen molar-refractivity contribution in [2.75, 3.05) is 26.8 Å². The third-order valence-electron chi connectivity index (χ3n) is 4.27. The Morgan fingerprint density at radius 1 is 1.12 bits per heavy atom. The zero-order valence-electron chi connectivity index (χ0n) is 14.1. The number of hydrogen-bond acceptors (Lipinski definition) is 3. The predicted molar refractivity (Wildman–Crippen MR) is 98.3 cm³/mol. The van der Waals surface area contributed by atoms with Gasteiger partial charge in [-0.3, -0.25) is 4.90 Å². The van der Waals surface area contributed by atoms with E-state index < -0.39 is 0 Å². The summed E-state index contributed by atoms with van der Waals surface area (Å²) in [5.41, 5.74) is 3.29. The van der Waals surface area contributed by atoms with E-state index in [4.69, 9.17) is 17.3 Å². The van der Waals surface area contributed by atoms with Crippen LogP contribution in [0, 0.1) is 0 Å². The monoisotopic (exact) mass is 319 g/mol. The molecule has 0 saturated heterocycles. The topological polar surface area (TPSA) is 21.7 Å². The van der Waals surface area contributed by atoms with Crippen molar-refractivity contribution in [3.8, 4) is 11.5 Å². The molecule has 1 aliphatic heterocycles. The molecule has 1 aliphatic rings. The molecule has 0 spiro atoms. The fourth-order valence-corrected chi connectivity index (χ4v) is 2.83. The molecule has 0 fully saturated rings. The summed E-state index contributed by atoms with van der Waals surface area (Å²) in [5.74, 6) is 1.46. The molecule has 1 heterocycles. The van der Waals surface area contributed by atoms with E-state index in [-0.39, 0.29) is 0 Å². The van der Waals surface area contributed by atoms with E-state index in [1.54, 1.807) is 13.2 Å². The maximum Gasteiger partial charge on any atom is 0.119 e. The lowest BCUT2D eigenvalue weighted by Gasteiger charge is -2.26. The Hall–Kier alpha value is -2.20. The van der Waals surface area contributed by atoms with Crippen LogP contribution in [0.3, 0.4) is 0 Å². The summed E-state index contributed by atoms with van der Waals surface area (Å²) in [5, 5.41) is 0. The summed E-state index contributed by atoms with van der Waals surface area (Å²) in [6.07, 6.45) is 3.30. The molecule has 0 atom stereocenters. The zero-order chi connectivity index (χ0) is 16.8. The van der Waals surface area contributed by atoms with Gasteiger partial charge >= 0.3 is 0 Å². The van der Waals surface area contributed by atoms with E-state index in [9.17, 15) is 0 Å². The SMILES string of the molecule is [B]c1cc(OC)ccc1OCC1=CCN(Cc2ccccc2)CC1. The molecule has 0 aromatic heterocycles. The fraction of sp³-hybridized carbons (Fsp3) is 0.300. The third kappa shape index (κ3) is 4.42. The van der Waals surface area contributed by atoms with E-state index >= 15 is 0 Å². The van der Waals surface area contributed by atoms with Crippen LogP contribution in [0.5, 0.6) is 11.5 Å². The van der Waals surface area contributed by atoms with Crippen molar-refractivity contribution in [1.82, 2.24) is 4.90 Å². The van der Waals surface area contributed by atoms with Gasteiger partial charge in [0.05, 0.1) is 7.11 Å². The van der Waals surface area contributed by atoms with Gasteiger partial charge < -0.3 is 9.47 Å². The Morgan fingerprint density at radius 3 is 2.62 bits per heavy atom. The Kier molecular flexibility index (Phi) is 5.60. The first-order valence-electron chi connectivity index (χ1n) is 8.25. The van der Waals surface area contributed by atoms with Gasteiger partial charge in [0.15, 0.2) is 0 Å². The van der Waals surface area contributed by atoms with E-state index in [1.807, 2.05) is 12.1 Å². The summed E-state index contributed by atoms with van der Waals surface area (Å²) >= 11 is 0. The lowest BCUT2D eigenvalue weighted by molar-refractivity contribution is 0.270. The molecule has 0 N–H and O–H groups in total. The number of hydrogen-bond donors (Lipinski definition) is 0. The van der Waals surface area contributed by atoms with Gasteiger partial charge in [0.1, 0.15) is 26.0 Å². The van der Waals surface area contributed by atoms with Gasteiger partial charge in [0, 0.05) is 19.6 Å². The average Bonchev–Trinajstić information content (AvgIpc) is 2.63. The third-order valence-corrected chi connectivity index (χ3v) is 4.27. The molecule has 24 heavy (non-hydrogen) atoms. The van der Waals surface area contributed by atoms with Crippen LogP contribution >= 0.6 is 0 Å². The highest BCUT2D eigenvalue weighted by Gasteiger charge is 2.12. The number of nitrogens with zero attached hydrogens (tertiary/aromatic N) is 1. The van der Waals surface area contributed by atoms with Crippen molar-refractivity contribution in [3.63, 3.8) is 0 Å². The van der Waals surface area contributed by atoms with Crippen molar-refractivity contribution in [2.24, 2.45) is 0 Å². The van der Waals surface area contributed by atoms with Gasteiger partial charge in [-0.25, -0.2) is 0 Å². The number of benzene rings is 2. The molecule has 2 radical (unpaired) electrons. The molecule has 3 nitrogen and oxygen atoms in total. The molecule has 3 rings (SSSR count). The van der Waals surface area contributed by atoms with E-state index in [1.165, 1.54) is 11.1 Å². The Bertz CT molecular complexity index is 700. The summed E-state index contributed by atoms with van der Waals surface area (Å²) in [4.78, 5) is 2.45. The number of methoxy groups -OCH3 is 1. The number of ether oxygens (including phenoxy) is 2. The minimum absolute atomic E-state index is 0.593. The molecule has 0 unspecified atom stereocenters. The van der Waals surface area contributed by atoms with Crippen LogP contribution in [0.15, 0.2) is 60.2 Å². The Labute approximate surface area is 145 Å². The molecule has 2 aromatic carbocycles. The fourth-order valence-electron chi connectivity index (χ4n) is 2.83. The van der Waals surface area contributed by atoms with E-state index in [2.05, 4.69) is 41.3 Å². The smallest absolute Gasteiger partial charge is 0.119 e. The minimum atomic E-state index is 0.593. The molecule has 122 valence electrons. The van der Waals surface area contributed by atoms with E-state index in [0.29, 0.717) is 17.8 Å². The quantitative estimate of drug-likeness (QED) is 0.604. The second kappa shape index (κ2) is 8.07. The average molecular weight is 319 g/mol. The molecule has 0 bridgehead atoms. The van der Waals surface area contributed by atoms with Crippen LogP contribution in [0.25, 0.3) is 0 Å². The first-order chi connectivity index (χ1) is 11.7. The summed E-state index contributed by atoms with van der Waals surface area (Å²) in [7, 11) is 7.62. The van der Waals surface area contributed by atoms with Gasteiger partial charge in [0.2, 0.25) is 0 Å². The summed E-state index contributed by atoms with van der Waals surface area (Å²) in [6, 6.07) is 16.1. The maximum atomic E-state index is 5.99. The van der Waals surface area contributed by atoms with Crippen molar-refractivity contribution in [2.45, 2.75) is 13.0 Å². The molecule has 0 aliphatic carbocycles. The van der Waals surface area contributed by atoms with Crippen LogP contribution in [0.1, 0.15) is 12.0 Å². The Balaban J connectivity index is 1.51. The van der Waals surface area contributed by atoms with Crippen LogP contribution < -0.4 is 14.9 Å². The lowest BCUT2D eigenvalue weighted by Crippen LogP contribution is -2.29. The molecule has 4 heteroatoms. The van der Waals surface area contributed by atoms with Crippen LogP contribution in [-0.4, -0.2) is 39.6 Å². The lowest BCUT2D eigenvalue weighted by atomic mass is 9.95. The van der Waals surface area contributed by atoms with Crippen molar-refractivity contribution in [3.05, 3.63) is 65.7 Å². The van der Waals surface area contributed by atoms with Gasteiger partial charge in [0.25, 0.3) is 0 Å². The molecular formula is C20H22BNO2. The molecule has 0 amide bonds. The zero-order valence-corrected chi connectivity index (χ0v) is 14.1. The largest absolute Gasteiger partial charge is 0.497 e. The first kappa shape index (κ1) is 16.7. The van der Waals surface area contributed by atoms with E-state index in [0.717, 1.165) is 31.8 Å². The predicted octanol–water partition coefficient (Wildman–Crippen LogP) is 2.70. The highest BCUT2D eigenvalue weighted by atomic mass is 16.5. The van der Waals surface area contributed by atoms with Crippen molar-refractivity contribution >= 4 is 13.3 Å². The van der Waals surface area contributed by atoms with Crippen LogP contribution in [0.2, 0.25) is 0 Å². The van der Waals surface area contributed by atoms with Crippen LogP contribution in [-0.2, 0) is 6.54 Å². The van der Waals surface area contributed by atoms with Gasteiger partial charge in [-0.1, -0.05) is 41.9 Å².